The van der Waals surface area contributed by atoms with Crippen LogP contribution in [0.1, 0.15) is 32.2 Å². The van der Waals surface area contributed by atoms with E-state index < -0.39 is 0 Å². The summed E-state index contributed by atoms with van der Waals surface area (Å²) in [5.74, 6) is 0.997. The van der Waals surface area contributed by atoms with E-state index in [2.05, 4.69) is 62.9 Å². The van der Waals surface area contributed by atoms with Crippen LogP contribution in [-0.2, 0) is 19.5 Å². The molecule has 0 bridgehead atoms. The fraction of sp³-hybridized carbons (Fsp3) is 0.471. The van der Waals surface area contributed by atoms with Crippen molar-refractivity contribution in [3.05, 3.63) is 39.7 Å². The molecule has 4 rings (SSSR count). The zero-order chi connectivity index (χ0) is 16.9. The summed E-state index contributed by atoms with van der Waals surface area (Å²) in [6.45, 7) is 9.59. The van der Waals surface area contributed by atoms with Crippen molar-refractivity contribution < 1.29 is 0 Å². The van der Waals surface area contributed by atoms with E-state index in [9.17, 15) is 0 Å². The number of fused-ring (bicyclic) bond motifs is 2. The Morgan fingerprint density at radius 1 is 1.29 bits per heavy atom. The standard InChI is InChI=1S/C17H21IN6/c1-17(2,3)10-23-11-19-13-9-22(6-4-14(13)23)15-5-7-24-16(21-15)12(18)8-20-24/h5,7-8,11H,4,6,9-10H2,1-3H3. The molecule has 3 aromatic heterocycles. The molecule has 0 saturated heterocycles. The summed E-state index contributed by atoms with van der Waals surface area (Å²) in [4.78, 5) is 11.7. The van der Waals surface area contributed by atoms with Crippen LogP contribution in [0.5, 0.6) is 0 Å². The van der Waals surface area contributed by atoms with Crippen LogP contribution in [0, 0.1) is 8.99 Å². The van der Waals surface area contributed by atoms with Crippen LogP contribution in [0.25, 0.3) is 5.65 Å². The Kier molecular flexibility index (Phi) is 3.78. The van der Waals surface area contributed by atoms with E-state index in [-0.39, 0.29) is 5.41 Å². The molecule has 0 unspecified atom stereocenters. The minimum absolute atomic E-state index is 0.261. The summed E-state index contributed by atoms with van der Waals surface area (Å²) >= 11 is 2.28. The van der Waals surface area contributed by atoms with Crippen molar-refractivity contribution in [3.63, 3.8) is 0 Å². The third-order valence-electron chi connectivity index (χ3n) is 4.27. The van der Waals surface area contributed by atoms with E-state index >= 15 is 0 Å². The summed E-state index contributed by atoms with van der Waals surface area (Å²) < 4.78 is 5.21. The van der Waals surface area contributed by atoms with Crippen LogP contribution >= 0.6 is 22.6 Å². The lowest BCUT2D eigenvalue weighted by atomic mass is 9.96. The molecule has 7 heteroatoms. The average Bonchev–Trinajstić information content (AvgIpc) is 3.09. The lowest BCUT2D eigenvalue weighted by Gasteiger charge is -2.29. The molecule has 0 radical (unpaired) electrons. The first kappa shape index (κ1) is 15.9. The van der Waals surface area contributed by atoms with Crippen LogP contribution in [0.15, 0.2) is 24.8 Å². The van der Waals surface area contributed by atoms with Crippen molar-refractivity contribution in [2.45, 2.75) is 40.3 Å². The molecular formula is C17H21IN6. The summed E-state index contributed by atoms with van der Waals surface area (Å²) in [6.07, 6.45) is 6.83. The molecule has 0 atom stereocenters. The van der Waals surface area contributed by atoms with Gasteiger partial charge in [0.2, 0.25) is 0 Å². The van der Waals surface area contributed by atoms with Gasteiger partial charge in [-0.05, 0) is 34.1 Å². The first-order chi connectivity index (χ1) is 11.4. The zero-order valence-electron chi connectivity index (χ0n) is 14.2. The van der Waals surface area contributed by atoms with Crippen molar-refractivity contribution in [1.29, 1.82) is 0 Å². The molecular weight excluding hydrogens is 415 g/mol. The lowest BCUT2D eigenvalue weighted by Crippen LogP contribution is -2.32. The molecule has 0 fully saturated rings. The van der Waals surface area contributed by atoms with Gasteiger partial charge >= 0.3 is 0 Å². The molecule has 6 nitrogen and oxygen atoms in total. The Morgan fingerprint density at radius 3 is 2.92 bits per heavy atom. The fourth-order valence-corrected chi connectivity index (χ4v) is 3.71. The maximum atomic E-state index is 4.78. The number of imidazole rings is 1. The molecule has 0 aromatic carbocycles. The number of rotatable bonds is 2. The zero-order valence-corrected chi connectivity index (χ0v) is 16.4. The molecule has 0 spiro atoms. The van der Waals surface area contributed by atoms with Crippen LogP contribution in [0.2, 0.25) is 0 Å². The highest BCUT2D eigenvalue weighted by atomic mass is 127. The highest BCUT2D eigenvalue weighted by molar-refractivity contribution is 14.1. The van der Waals surface area contributed by atoms with Gasteiger partial charge in [0.1, 0.15) is 5.82 Å². The minimum atomic E-state index is 0.261. The third-order valence-corrected chi connectivity index (χ3v) is 5.03. The van der Waals surface area contributed by atoms with Gasteiger partial charge in [-0.1, -0.05) is 20.8 Å². The topological polar surface area (TPSA) is 51.2 Å². The van der Waals surface area contributed by atoms with Gasteiger partial charge in [0, 0.05) is 31.4 Å². The molecule has 4 heterocycles. The highest BCUT2D eigenvalue weighted by Gasteiger charge is 2.24. The minimum Gasteiger partial charge on any atom is -0.350 e. The predicted octanol–water partition coefficient (Wildman–Crippen LogP) is 3.14. The van der Waals surface area contributed by atoms with Crippen molar-refractivity contribution in [2.24, 2.45) is 5.41 Å². The molecule has 3 aromatic rings. The van der Waals surface area contributed by atoms with Crippen molar-refractivity contribution in [3.8, 4) is 0 Å². The Bertz CT molecular complexity index is 888. The van der Waals surface area contributed by atoms with Crippen LogP contribution < -0.4 is 4.90 Å². The van der Waals surface area contributed by atoms with Gasteiger partial charge in [0.25, 0.3) is 0 Å². The fourth-order valence-electron chi connectivity index (χ4n) is 3.22. The first-order valence-electron chi connectivity index (χ1n) is 8.18. The van der Waals surface area contributed by atoms with Crippen LogP contribution in [0.4, 0.5) is 5.82 Å². The summed E-state index contributed by atoms with van der Waals surface area (Å²) in [5.41, 5.74) is 3.73. The Balaban J connectivity index is 1.60. The van der Waals surface area contributed by atoms with Crippen molar-refractivity contribution >= 4 is 34.1 Å². The molecule has 0 saturated carbocycles. The summed E-state index contributed by atoms with van der Waals surface area (Å²) in [6, 6.07) is 2.03. The largest absolute Gasteiger partial charge is 0.350 e. The Hall–Kier alpha value is -1.64. The van der Waals surface area contributed by atoms with E-state index in [0.29, 0.717) is 0 Å². The normalized spacial score (nSPS) is 15.1. The summed E-state index contributed by atoms with van der Waals surface area (Å²) in [5, 5.41) is 4.29. The van der Waals surface area contributed by atoms with Crippen molar-refractivity contribution in [2.75, 3.05) is 11.4 Å². The number of halogens is 1. The van der Waals surface area contributed by atoms with E-state index in [1.807, 2.05) is 29.3 Å². The van der Waals surface area contributed by atoms with E-state index in [0.717, 1.165) is 41.1 Å². The van der Waals surface area contributed by atoms with Gasteiger partial charge < -0.3 is 9.47 Å². The quantitative estimate of drug-likeness (QED) is 0.580. The molecule has 1 aliphatic heterocycles. The van der Waals surface area contributed by atoms with Gasteiger partial charge in [0.05, 0.1) is 28.3 Å². The molecule has 0 aliphatic carbocycles. The Labute approximate surface area is 155 Å². The number of hydrogen-bond acceptors (Lipinski definition) is 4. The smallest absolute Gasteiger partial charge is 0.170 e. The van der Waals surface area contributed by atoms with E-state index in [1.54, 1.807) is 0 Å². The molecule has 1 aliphatic rings. The SMILES string of the molecule is CC(C)(C)Cn1cnc2c1CCN(c1ccn3ncc(I)c3n1)C2. The van der Waals surface area contributed by atoms with E-state index in [1.165, 1.54) is 11.4 Å². The van der Waals surface area contributed by atoms with E-state index in [4.69, 9.17) is 4.98 Å². The Morgan fingerprint density at radius 2 is 2.12 bits per heavy atom. The van der Waals surface area contributed by atoms with Crippen LogP contribution in [0.3, 0.4) is 0 Å². The average molecular weight is 436 g/mol. The maximum Gasteiger partial charge on any atom is 0.170 e. The molecule has 0 N–H and O–H groups in total. The van der Waals surface area contributed by atoms with Gasteiger partial charge in [-0.2, -0.15) is 5.10 Å². The predicted molar refractivity (Wildman–Crippen MR) is 102 cm³/mol. The molecule has 24 heavy (non-hydrogen) atoms. The second-order valence-electron chi connectivity index (χ2n) is 7.54. The monoisotopic (exact) mass is 436 g/mol. The van der Waals surface area contributed by atoms with Gasteiger partial charge in [-0.25, -0.2) is 14.5 Å². The maximum absolute atomic E-state index is 4.78. The number of aromatic nitrogens is 5. The molecule has 0 amide bonds. The second kappa shape index (κ2) is 5.72. The van der Waals surface area contributed by atoms with Crippen LogP contribution in [-0.4, -0.2) is 30.7 Å². The first-order valence-corrected chi connectivity index (χ1v) is 9.26. The second-order valence-corrected chi connectivity index (χ2v) is 8.71. The molecule has 126 valence electrons. The lowest BCUT2D eigenvalue weighted by molar-refractivity contribution is 0.337. The highest BCUT2D eigenvalue weighted by Crippen LogP contribution is 2.26. The van der Waals surface area contributed by atoms with Gasteiger partial charge in [-0.3, -0.25) is 0 Å². The summed E-state index contributed by atoms with van der Waals surface area (Å²) in [7, 11) is 0. The number of hydrogen-bond donors (Lipinski definition) is 0. The van der Waals surface area contributed by atoms with Gasteiger partial charge in [0.15, 0.2) is 5.65 Å². The van der Waals surface area contributed by atoms with Crippen molar-refractivity contribution in [1.82, 2.24) is 24.1 Å². The third kappa shape index (κ3) is 2.89. The number of nitrogens with zero attached hydrogens (tertiary/aromatic N) is 6. The number of anilines is 1. The van der Waals surface area contributed by atoms with Gasteiger partial charge in [-0.15, -0.1) is 0 Å².